The molecule has 0 unspecified atom stereocenters. The predicted octanol–water partition coefficient (Wildman–Crippen LogP) is 4.57. The van der Waals surface area contributed by atoms with E-state index in [4.69, 9.17) is 9.84 Å². The summed E-state index contributed by atoms with van der Waals surface area (Å²) in [7, 11) is -4.53. The van der Waals surface area contributed by atoms with Gasteiger partial charge in [0, 0.05) is 37.8 Å². The number of alkyl halides is 3. The number of aliphatic carboxylic acids is 1. The Labute approximate surface area is 252 Å². The molecule has 3 heterocycles. The van der Waals surface area contributed by atoms with Gasteiger partial charge >= 0.3 is 12.1 Å². The molecule has 234 valence electrons. The fraction of sp³-hybridized carbons (Fsp3) is 0.367. The molecular weight excluding hydrogens is 601 g/mol. The number of hydrogen-bond donors (Lipinski definition) is 1. The van der Waals surface area contributed by atoms with Crippen molar-refractivity contribution in [1.29, 1.82) is 0 Å². The average Bonchev–Trinajstić information content (AvgIpc) is 2.98. The van der Waals surface area contributed by atoms with Crippen LogP contribution in [0.5, 0.6) is 5.75 Å². The molecule has 1 fully saturated rings. The van der Waals surface area contributed by atoms with Crippen LogP contribution in [-0.2, 0) is 25.8 Å². The molecule has 3 aromatic rings. The molecule has 0 bridgehead atoms. The van der Waals surface area contributed by atoms with Crippen LogP contribution in [0.1, 0.15) is 30.9 Å². The van der Waals surface area contributed by atoms with Crippen molar-refractivity contribution in [1.82, 2.24) is 9.88 Å². The van der Waals surface area contributed by atoms with Gasteiger partial charge in [-0.15, -0.1) is 0 Å². The Kier molecular flexibility index (Phi) is 8.47. The van der Waals surface area contributed by atoms with Crippen molar-refractivity contribution in [2.75, 3.05) is 42.0 Å². The van der Waals surface area contributed by atoms with Gasteiger partial charge in [-0.2, -0.15) is 13.2 Å². The SMILES string of the molecule is CCOc1cc(C)cc(-c2cnc3c(c2)N(S(=O)(=O)c2cccc(C(F)(F)F)c2)C[C@@H]2CN(C(=O)CCC(=O)O)CCN32)c1. The van der Waals surface area contributed by atoms with Crippen molar-refractivity contribution in [2.24, 2.45) is 0 Å². The molecule has 0 aliphatic carbocycles. The summed E-state index contributed by atoms with van der Waals surface area (Å²) in [6.07, 6.45) is -3.69. The summed E-state index contributed by atoms with van der Waals surface area (Å²) in [6, 6.07) is 10.2. The van der Waals surface area contributed by atoms with Gasteiger partial charge in [-0.05, 0) is 61.4 Å². The number of ether oxygens (including phenoxy) is 1. The number of aromatic nitrogens is 1. The minimum absolute atomic E-state index is 0.0888. The number of aryl methyl sites for hydroxylation is 1. The second kappa shape index (κ2) is 12.0. The van der Waals surface area contributed by atoms with Crippen molar-refractivity contribution in [3.05, 3.63) is 65.9 Å². The third-order valence-electron chi connectivity index (χ3n) is 7.60. The lowest BCUT2D eigenvalue weighted by molar-refractivity contribution is -0.141. The number of fused-ring (bicyclic) bond motifs is 3. The van der Waals surface area contributed by atoms with Gasteiger partial charge < -0.3 is 19.6 Å². The Morgan fingerprint density at radius 3 is 2.52 bits per heavy atom. The molecule has 10 nitrogen and oxygen atoms in total. The van der Waals surface area contributed by atoms with Crippen LogP contribution in [0, 0.1) is 6.92 Å². The molecule has 1 aromatic heterocycles. The van der Waals surface area contributed by atoms with E-state index < -0.39 is 38.7 Å². The summed E-state index contributed by atoms with van der Waals surface area (Å²) in [5, 5.41) is 8.98. The standard InChI is InChI=1S/C30H31F3N4O6S/c1-3-43-24-12-19(2)11-20(13-24)21-14-26-29(34-16-21)36-10-9-35(27(38)7-8-28(39)40)17-23(36)18-37(26)44(41,42)25-6-4-5-22(15-25)30(31,32)33/h4-6,11-16,23H,3,7-10,17-18H2,1-2H3,(H,39,40)/t23-/m0/s1. The van der Waals surface area contributed by atoms with E-state index in [0.717, 1.165) is 33.6 Å². The Morgan fingerprint density at radius 2 is 1.82 bits per heavy atom. The lowest BCUT2D eigenvalue weighted by Crippen LogP contribution is -2.61. The first-order valence-corrected chi connectivity index (χ1v) is 15.4. The Balaban J connectivity index is 1.59. The van der Waals surface area contributed by atoms with Crippen LogP contribution in [0.3, 0.4) is 0 Å². The second-order valence-electron chi connectivity index (χ2n) is 10.7. The first-order valence-electron chi connectivity index (χ1n) is 14.0. The van der Waals surface area contributed by atoms with E-state index >= 15 is 0 Å². The molecule has 0 spiro atoms. The number of anilines is 2. The van der Waals surface area contributed by atoms with Crippen molar-refractivity contribution < 1.29 is 41.0 Å². The first-order chi connectivity index (χ1) is 20.8. The van der Waals surface area contributed by atoms with E-state index in [1.165, 1.54) is 4.90 Å². The number of rotatable bonds is 8. The molecular formula is C30H31F3N4O6S. The normalized spacial score (nSPS) is 16.8. The second-order valence-corrected chi connectivity index (χ2v) is 12.5. The Bertz CT molecular complexity index is 1700. The molecule has 1 atom stereocenters. The van der Waals surface area contributed by atoms with Gasteiger partial charge in [-0.25, -0.2) is 13.4 Å². The van der Waals surface area contributed by atoms with Crippen LogP contribution >= 0.6 is 0 Å². The molecule has 2 aliphatic rings. The van der Waals surface area contributed by atoms with E-state index in [9.17, 15) is 31.2 Å². The highest BCUT2D eigenvalue weighted by Gasteiger charge is 2.42. The maximum atomic E-state index is 14.1. The zero-order valence-electron chi connectivity index (χ0n) is 24.0. The van der Waals surface area contributed by atoms with E-state index in [1.54, 1.807) is 18.3 Å². The van der Waals surface area contributed by atoms with E-state index in [2.05, 4.69) is 4.98 Å². The minimum Gasteiger partial charge on any atom is -0.494 e. The lowest BCUT2D eigenvalue weighted by atomic mass is 10.0. The summed E-state index contributed by atoms with van der Waals surface area (Å²) >= 11 is 0. The summed E-state index contributed by atoms with van der Waals surface area (Å²) in [5.74, 6) is -0.546. The molecule has 0 saturated carbocycles. The lowest BCUT2D eigenvalue weighted by Gasteiger charge is -2.48. The fourth-order valence-corrected chi connectivity index (χ4v) is 7.08. The number of hydrogen-bond acceptors (Lipinski definition) is 7. The number of carbonyl (C=O) groups is 2. The molecule has 1 amide bonds. The average molecular weight is 633 g/mol. The van der Waals surface area contributed by atoms with E-state index in [-0.39, 0.29) is 44.1 Å². The van der Waals surface area contributed by atoms with Crippen LogP contribution in [-0.4, -0.2) is 74.1 Å². The number of piperazine rings is 1. The monoisotopic (exact) mass is 632 g/mol. The number of halogens is 3. The Morgan fingerprint density at radius 1 is 1.05 bits per heavy atom. The number of carboxylic acid groups (broad SMARTS) is 1. The van der Waals surface area contributed by atoms with Crippen molar-refractivity contribution in [3.8, 4) is 16.9 Å². The molecule has 2 aliphatic heterocycles. The van der Waals surface area contributed by atoms with Crippen LogP contribution in [0.2, 0.25) is 0 Å². The van der Waals surface area contributed by atoms with E-state index in [0.29, 0.717) is 36.3 Å². The third kappa shape index (κ3) is 6.30. The summed E-state index contributed by atoms with van der Waals surface area (Å²) in [5.41, 5.74) is 1.30. The predicted molar refractivity (Wildman–Crippen MR) is 156 cm³/mol. The zero-order valence-corrected chi connectivity index (χ0v) is 24.9. The van der Waals surface area contributed by atoms with Crippen LogP contribution in [0.4, 0.5) is 24.7 Å². The van der Waals surface area contributed by atoms with Crippen molar-refractivity contribution >= 4 is 33.4 Å². The van der Waals surface area contributed by atoms with Crippen LogP contribution in [0.15, 0.2) is 59.6 Å². The molecule has 1 saturated heterocycles. The molecule has 44 heavy (non-hydrogen) atoms. The number of pyridine rings is 1. The smallest absolute Gasteiger partial charge is 0.416 e. The van der Waals surface area contributed by atoms with E-state index in [1.807, 2.05) is 30.9 Å². The molecule has 14 heteroatoms. The van der Waals surface area contributed by atoms with Crippen molar-refractivity contribution in [3.63, 3.8) is 0 Å². The van der Waals surface area contributed by atoms with Gasteiger partial charge in [0.1, 0.15) is 5.75 Å². The number of sulfonamides is 1. The quantitative estimate of drug-likeness (QED) is 0.384. The van der Waals surface area contributed by atoms with Crippen LogP contribution in [0.25, 0.3) is 11.1 Å². The zero-order chi connectivity index (χ0) is 31.8. The fourth-order valence-electron chi connectivity index (χ4n) is 5.54. The number of carbonyl (C=O) groups excluding carboxylic acids is 1. The van der Waals surface area contributed by atoms with Gasteiger partial charge in [-0.1, -0.05) is 12.1 Å². The van der Waals surface area contributed by atoms with Gasteiger partial charge in [-0.3, -0.25) is 13.9 Å². The molecule has 0 radical (unpaired) electrons. The maximum absolute atomic E-state index is 14.1. The summed E-state index contributed by atoms with van der Waals surface area (Å²) in [4.78, 5) is 31.2. The highest BCUT2D eigenvalue weighted by atomic mass is 32.2. The number of nitrogens with zero attached hydrogens (tertiary/aromatic N) is 4. The highest BCUT2D eigenvalue weighted by Crippen LogP contribution is 2.42. The number of amides is 1. The van der Waals surface area contributed by atoms with Gasteiger partial charge in [0.25, 0.3) is 10.0 Å². The largest absolute Gasteiger partial charge is 0.494 e. The first kappa shape index (κ1) is 31.1. The topological polar surface area (TPSA) is 120 Å². The number of carboxylic acids is 1. The summed E-state index contributed by atoms with van der Waals surface area (Å²) in [6.45, 7) is 4.69. The Hall–Kier alpha value is -4.33. The van der Waals surface area contributed by atoms with Crippen molar-refractivity contribution in [2.45, 2.75) is 43.8 Å². The van der Waals surface area contributed by atoms with Gasteiger partial charge in [0.15, 0.2) is 5.82 Å². The van der Waals surface area contributed by atoms with Gasteiger partial charge in [0.05, 0.1) is 41.8 Å². The minimum atomic E-state index is -4.75. The molecule has 2 aromatic carbocycles. The van der Waals surface area contributed by atoms with Crippen LogP contribution < -0.4 is 13.9 Å². The highest BCUT2D eigenvalue weighted by molar-refractivity contribution is 7.92. The number of benzene rings is 2. The third-order valence-corrected chi connectivity index (χ3v) is 9.37. The van der Waals surface area contributed by atoms with Gasteiger partial charge in [0.2, 0.25) is 5.91 Å². The summed E-state index contributed by atoms with van der Waals surface area (Å²) < 4.78 is 75.5. The maximum Gasteiger partial charge on any atom is 0.416 e. The molecule has 5 rings (SSSR count). The molecule has 1 N–H and O–H groups in total.